The van der Waals surface area contributed by atoms with E-state index in [2.05, 4.69) is 38.1 Å². The third-order valence-corrected chi connectivity index (χ3v) is 5.36. The van der Waals surface area contributed by atoms with Gasteiger partial charge in [-0.15, -0.1) is 0 Å². The van der Waals surface area contributed by atoms with Gasteiger partial charge in [0.2, 0.25) is 0 Å². The number of rotatable bonds is 8. The smallest absolute Gasteiger partial charge is 0.0915 e. The highest BCUT2D eigenvalue weighted by Crippen LogP contribution is 2.31. The average molecular weight is 326 g/mol. The number of benzene rings is 2. The SMILES string of the molecule is CCC(C)(COCC(C)C(C)(O)c1ccccc1)c1ccccc1. The fourth-order valence-corrected chi connectivity index (χ4v) is 2.91. The lowest BCUT2D eigenvalue weighted by Crippen LogP contribution is -2.35. The van der Waals surface area contributed by atoms with Crippen molar-refractivity contribution in [3.63, 3.8) is 0 Å². The molecule has 1 N–H and O–H groups in total. The molecule has 0 spiro atoms. The van der Waals surface area contributed by atoms with Crippen molar-refractivity contribution in [1.29, 1.82) is 0 Å². The summed E-state index contributed by atoms with van der Waals surface area (Å²) in [4.78, 5) is 0. The Balaban J connectivity index is 1.97. The second kappa shape index (κ2) is 7.96. The molecule has 2 aromatic carbocycles. The molecule has 2 aromatic rings. The zero-order chi connectivity index (χ0) is 17.6. The Bertz CT molecular complexity index is 606. The van der Waals surface area contributed by atoms with Crippen LogP contribution in [0, 0.1) is 5.92 Å². The highest BCUT2D eigenvalue weighted by molar-refractivity contribution is 5.24. The van der Waals surface area contributed by atoms with Crippen molar-refractivity contribution in [2.75, 3.05) is 13.2 Å². The van der Waals surface area contributed by atoms with Crippen molar-refractivity contribution in [3.8, 4) is 0 Å². The van der Waals surface area contributed by atoms with Gasteiger partial charge in [-0.25, -0.2) is 0 Å². The zero-order valence-corrected chi connectivity index (χ0v) is 15.3. The summed E-state index contributed by atoms with van der Waals surface area (Å²) >= 11 is 0. The van der Waals surface area contributed by atoms with E-state index in [0.717, 1.165) is 12.0 Å². The standard InChI is InChI=1S/C22H30O2/c1-5-21(3,19-12-8-6-9-13-19)17-24-16-18(2)22(4,23)20-14-10-7-11-15-20/h6-15,18,23H,5,16-17H2,1-4H3. The fraction of sp³-hybridized carbons (Fsp3) is 0.455. The molecule has 0 aliphatic heterocycles. The molecule has 0 aliphatic carbocycles. The summed E-state index contributed by atoms with van der Waals surface area (Å²) in [5.74, 6) is 0.0109. The van der Waals surface area contributed by atoms with Gasteiger partial charge in [-0.3, -0.25) is 0 Å². The van der Waals surface area contributed by atoms with Crippen LogP contribution in [-0.2, 0) is 15.8 Å². The molecule has 130 valence electrons. The van der Waals surface area contributed by atoms with Gasteiger partial charge in [-0.2, -0.15) is 0 Å². The fourth-order valence-electron chi connectivity index (χ4n) is 2.91. The number of hydrogen-bond donors (Lipinski definition) is 1. The maximum absolute atomic E-state index is 10.9. The van der Waals surface area contributed by atoms with Gasteiger partial charge >= 0.3 is 0 Å². The molecule has 2 rings (SSSR count). The summed E-state index contributed by atoms with van der Waals surface area (Å²) in [5, 5.41) is 10.9. The maximum Gasteiger partial charge on any atom is 0.0915 e. The van der Waals surface area contributed by atoms with E-state index in [9.17, 15) is 5.11 Å². The Kier molecular flexibility index (Phi) is 6.20. The third-order valence-electron chi connectivity index (χ3n) is 5.36. The Hall–Kier alpha value is -1.64. The minimum atomic E-state index is -0.892. The Morgan fingerprint density at radius 2 is 1.42 bits per heavy atom. The molecule has 0 saturated carbocycles. The van der Waals surface area contributed by atoms with Crippen LogP contribution in [0.5, 0.6) is 0 Å². The molecular weight excluding hydrogens is 296 g/mol. The van der Waals surface area contributed by atoms with Crippen molar-refractivity contribution >= 4 is 0 Å². The first kappa shape index (κ1) is 18.7. The molecule has 2 heteroatoms. The average Bonchev–Trinajstić information content (AvgIpc) is 2.62. The summed E-state index contributed by atoms with van der Waals surface area (Å²) in [6.07, 6.45) is 1.01. The van der Waals surface area contributed by atoms with Crippen LogP contribution in [0.15, 0.2) is 60.7 Å². The summed E-state index contributed by atoms with van der Waals surface area (Å²) < 4.78 is 6.05. The second-order valence-corrected chi connectivity index (χ2v) is 7.21. The van der Waals surface area contributed by atoms with Gasteiger partial charge in [0.1, 0.15) is 0 Å². The summed E-state index contributed by atoms with van der Waals surface area (Å²) in [6.45, 7) is 9.53. The first-order chi connectivity index (χ1) is 11.4. The predicted molar refractivity (Wildman–Crippen MR) is 100 cm³/mol. The van der Waals surface area contributed by atoms with E-state index < -0.39 is 5.60 Å². The normalized spacial score (nSPS) is 17.7. The Morgan fingerprint density at radius 1 is 0.917 bits per heavy atom. The van der Waals surface area contributed by atoms with Crippen LogP contribution in [0.2, 0.25) is 0 Å². The van der Waals surface area contributed by atoms with Crippen LogP contribution < -0.4 is 0 Å². The Morgan fingerprint density at radius 3 is 1.92 bits per heavy atom. The predicted octanol–water partition coefficient (Wildman–Crippen LogP) is 4.91. The lowest BCUT2D eigenvalue weighted by molar-refractivity contribution is -0.0462. The monoisotopic (exact) mass is 326 g/mol. The largest absolute Gasteiger partial charge is 0.385 e. The van der Waals surface area contributed by atoms with E-state index in [1.54, 1.807) is 0 Å². The molecule has 0 fully saturated rings. The van der Waals surface area contributed by atoms with Crippen molar-refractivity contribution in [2.24, 2.45) is 5.92 Å². The molecule has 3 atom stereocenters. The molecule has 0 radical (unpaired) electrons. The van der Waals surface area contributed by atoms with Crippen LogP contribution in [0.3, 0.4) is 0 Å². The first-order valence-corrected chi connectivity index (χ1v) is 8.81. The third kappa shape index (κ3) is 4.25. The van der Waals surface area contributed by atoms with Crippen LogP contribution in [-0.4, -0.2) is 18.3 Å². The second-order valence-electron chi connectivity index (χ2n) is 7.21. The van der Waals surface area contributed by atoms with Crippen molar-refractivity contribution < 1.29 is 9.84 Å². The molecule has 24 heavy (non-hydrogen) atoms. The number of aliphatic hydroxyl groups is 1. The highest BCUT2D eigenvalue weighted by Gasteiger charge is 2.31. The molecule has 0 bridgehead atoms. The van der Waals surface area contributed by atoms with Gasteiger partial charge in [0, 0.05) is 11.3 Å². The molecule has 0 aliphatic rings. The number of ether oxygens (including phenoxy) is 1. The summed E-state index contributed by atoms with van der Waals surface area (Å²) in [5.41, 5.74) is 1.34. The molecule has 0 saturated heterocycles. The van der Waals surface area contributed by atoms with Crippen LogP contribution in [0.1, 0.15) is 45.2 Å². The van der Waals surface area contributed by atoms with Crippen molar-refractivity contribution in [2.45, 2.75) is 45.1 Å². The number of hydrogen-bond acceptors (Lipinski definition) is 2. The van der Waals surface area contributed by atoms with Crippen LogP contribution >= 0.6 is 0 Å². The maximum atomic E-state index is 10.9. The van der Waals surface area contributed by atoms with Gasteiger partial charge in [0.05, 0.1) is 18.8 Å². The van der Waals surface area contributed by atoms with E-state index in [1.165, 1.54) is 5.56 Å². The van der Waals surface area contributed by atoms with Crippen molar-refractivity contribution in [1.82, 2.24) is 0 Å². The highest BCUT2D eigenvalue weighted by atomic mass is 16.5. The van der Waals surface area contributed by atoms with E-state index in [1.807, 2.05) is 50.2 Å². The summed E-state index contributed by atoms with van der Waals surface area (Å²) in [7, 11) is 0. The van der Waals surface area contributed by atoms with Gasteiger partial charge in [0.25, 0.3) is 0 Å². The molecule has 0 heterocycles. The minimum absolute atomic E-state index is 0.000413. The molecule has 3 unspecified atom stereocenters. The minimum Gasteiger partial charge on any atom is -0.385 e. The van der Waals surface area contributed by atoms with Gasteiger partial charge in [-0.05, 0) is 24.5 Å². The topological polar surface area (TPSA) is 29.5 Å². The Labute approximate surface area is 146 Å². The molecule has 2 nitrogen and oxygen atoms in total. The van der Waals surface area contributed by atoms with Crippen LogP contribution in [0.4, 0.5) is 0 Å². The van der Waals surface area contributed by atoms with E-state index in [4.69, 9.17) is 4.74 Å². The molecule has 0 amide bonds. The lowest BCUT2D eigenvalue weighted by atomic mass is 9.80. The van der Waals surface area contributed by atoms with Gasteiger partial charge in [-0.1, -0.05) is 81.4 Å². The molecule has 0 aromatic heterocycles. The quantitative estimate of drug-likeness (QED) is 0.746. The van der Waals surface area contributed by atoms with Crippen LogP contribution in [0.25, 0.3) is 0 Å². The molecular formula is C22H30O2. The zero-order valence-electron chi connectivity index (χ0n) is 15.3. The van der Waals surface area contributed by atoms with Crippen molar-refractivity contribution in [3.05, 3.63) is 71.8 Å². The first-order valence-electron chi connectivity index (χ1n) is 8.81. The van der Waals surface area contributed by atoms with E-state index in [-0.39, 0.29) is 11.3 Å². The van der Waals surface area contributed by atoms with Gasteiger partial charge in [0.15, 0.2) is 0 Å². The van der Waals surface area contributed by atoms with E-state index in [0.29, 0.717) is 13.2 Å². The van der Waals surface area contributed by atoms with Gasteiger partial charge < -0.3 is 9.84 Å². The summed E-state index contributed by atoms with van der Waals surface area (Å²) in [6, 6.07) is 20.3. The lowest BCUT2D eigenvalue weighted by Gasteiger charge is -2.33. The van der Waals surface area contributed by atoms with E-state index >= 15 is 0 Å².